The molecular formula is C44H32F2N2O4. The monoisotopic (exact) mass is 690 g/mol. The maximum Gasteiger partial charge on any atom is 0.157 e. The number of nitrogens with zero attached hydrogens (tertiary/aromatic N) is 2. The molecule has 256 valence electrons. The van der Waals surface area contributed by atoms with Gasteiger partial charge in [-0.05, 0) is 94.0 Å². The second-order valence-corrected chi connectivity index (χ2v) is 13.4. The number of hydrogen-bond donors (Lipinski definition) is 4. The second-order valence-electron chi connectivity index (χ2n) is 13.4. The molecule has 1 aliphatic carbocycles. The zero-order valence-corrected chi connectivity index (χ0v) is 27.7. The molecule has 4 N–H and O–H groups in total. The molecule has 0 saturated carbocycles. The molecule has 2 unspecified atom stereocenters. The Balaban J connectivity index is 1.44. The lowest BCUT2D eigenvalue weighted by Gasteiger charge is -2.34. The van der Waals surface area contributed by atoms with Crippen LogP contribution in [0.25, 0.3) is 21.8 Å². The Hall–Kier alpha value is -6.54. The number of fused-ring (bicyclic) bond motifs is 6. The number of rotatable bonds is 6. The summed E-state index contributed by atoms with van der Waals surface area (Å²) in [6.45, 7) is 0.821. The van der Waals surface area contributed by atoms with Gasteiger partial charge in [0.15, 0.2) is 23.0 Å². The molecule has 8 aromatic rings. The van der Waals surface area contributed by atoms with Gasteiger partial charge in [-0.3, -0.25) is 0 Å². The van der Waals surface area contributed by atoms with E-state index in [1.54, 1.807) is 36.4 Å². The Morgan fingerprint density at radius 3 is 1.21 bits per heavy atom. The quantitative estimate of drug-likeness (QED) is 0.131. The van der Waals surface area contributed by atoms with Crippen LogP contribution in [0.4, 0.5) is 8.78 Å². The maximum atomic E-state index is 14.1. The molecule has 9 rings (SSSR count). The van der Waals surface area contributed by atoms with Gasteiger partial charge in [0.2, 0.25) is 0 Å². The third-order valence-corrected chi connectivity index (χ3v) is 10.4. The summed E-state index contributed by atoms with van der Waals surface area (Å²) in [4.78, 5) is 0. The maximum absolute atomic E-state index is 14.1. The average Bonchev–Trinajstić information content (AvgIpc) is 3.64. The van der Waals surface area contributed by atoms with Crippen molar-refractivity contribution in [3.05, 3.63) is 190 Å². The third kappa shape index (κ3) is 4.98. The van der Waals surface area contributed by atoms with Gasteiger partial charge in [-0.25, -0.2) is 8.78 Å². The summed E-state index contributed by atoms with van der Waals surface area (Å²) >= 11 is 0. The van der Waals surface area contributed by atoms with E-state index in [4.69, 9.17) is 0 Å². The summed E-state index contributed by atoms with van der Waals surface area (Å²) in [6.07, 6.45) is 0. The Morgan fingerprint density at radius 1 is 0.442 bits per heavy atom. The van der Waals surface area contributed by atoms with E-state index in [-0.39, 0.29) is 34.6 Å². The van der Waals surface area contributed by atoms with E-state index in [9.17, 15) is 29.2 Å². The molecule has 6 nitrogen and oxygen atoms in total. The first-order valence-corrected chi connectivity index (χ1v) is 17.0. The molecule has 0 radical (unpaired) electrons. The zero-order valence-electron chi connectivity index (χ0n) is 27.7. The Labute approximate surface area is 297 Å². The number of aromatic hydroxyl groups is 4. The minimum atomic E-state index is -0.467. The van der Waals surface area contributed by atoms with Crippen LogP contribution >= 0.6 is 0 Å². The predicted octanol–water partition coefficient (Wildman–Crippen LogP) is 9.47. The first kappa shape index (κ1) is 31.4. The lowest BCUT2D eigenvalue weighted by molar-refractivity contribution is 0.402. The molecular weight excluding hydrogens is 658 g/mol. The van der Waals surface area contributed by atoms with Crippen molar-refractivity contribution < 1.29 is 29.2 Å². The van der Waals surface area contributed by atoms with E-state index in [0.717, 1.165) is 66.6 Å². The summed E-state index contributed by atoms with van der Waals surface area (Å²) in [5.41, 5.74) is 8.97. The van der Waals surface area contributed by atoms with Crippen molar-refractivity contribution in [1.29, 1.82) is 0 Å². The van der Waals surface area contributed by atoms with E-state index in [1.165, 1.54) is 36.4 Å². The van der Waals surface area contributed by atoms with Crippen LogP contribution in [-0.2, 0) is 13.1 Å². The molecule has 0 saturated heterocycles. The van der Waals surface area contributed by atoms with Crippen molar-refractivity contribution in [2.24, 2.45) is 0 Å². The van der Waals surface area contributed by atoms with Crippen LogP contribution in [0.2, 0.25) is 0 Å². The van der Waals surface area contributed by atoms with Gasteiger partial charge in [-0.2, -0.15) is 0 Å². The molecule has 0 amide bonds. The van der Waals surface area contributed by atoms with E-state index in [2.05, 4.69) is 33.4 Å². The number of halogens is 2. The Bertz CT molecular complexity index is 2470. The number of aromatic nitrogens is 2. The number of phenolic OH excluding ortho intramolecular Hbond substituents is 4. The standard InChI is InChI=1S/C44H32F2N2O4/c45-29-15-9-25(10-16-29)23-47-33-7-3-1-5-31(33)41-39(27-13-19-35(49)37(51)21-27)44-42(40(43(41)47)28-14-20-36(50)38(52)22-28)32-6-2-4-8-34(32)48(44)24-26-11-17-30(46)18-12-26/h1-22,39-40,49-52H,23-24H2. The van der Waals surface area contributed by atoms with Crippen molar-refractivity contribution in [3.8, 4) is 23.0 Å². The van der Waals surface area contributed by atoms with Crippen LogP contribution in [0.1, 0.15) is 56.6 Å². The molecule has 0 aliphatic heterocycles. The lowest BCUT2D eigenvalue weighted by Crippen LogP contribution is -2.24. The fraction of sp³-hybridized carbons (Fsp3) is 0.0909. The van der Waals surface area contributed by atoms with Gasteiger partial charge in [0.25, 0.3) is 0 Å². The highest BCUT2D eigenvalue weighted by Crippen LogP contribution is 2.56. The van der Waals surface area contributed by atoms with E-state index in [0.29, 0.717) is 13.1 Å². The fourth-order valence-electron chi connectivity index (χ4n) is 8.18. The Morgan fingerprint density at radius 2 is 0.827 bits per heavy atom. The van der Waals surface area contributed by atoms with Crippen LogP contribution in [0.3, 0.4) is 0 Å². The van der Waals surface area contributed by atoms with Gasteiger partial charge in [0.1, 0.15) is 11.6 Å². The summed E-state index contributed by atoms with van der Waals surface area (Å²) in [5.74, 6) is -2.55. The van der Waals surface area contributed by atoms with Crippen molar-refractivity contribution in [2.45, 2.75) is 24.9 Å². The largest absolute Gasteiger partial charge is 0.504 e. The van der Waals surface area contributed by atoms with E-state index >= 15 is 0 Å². The van der Waals surface area contributed by atoms with Gasteiger partial charge in [-0.15, -0.1) is 0 Å². The van der Waals surface area contributed by atoms with E-state index in [1.807, 2.05) is 36.4 Å². The van der Waals surface area contributed by atoms with Gasteiger partial charge >= 0.3 is 0 Å². The molecule has 2 atom stereocenters. The van der Waals surface area contributed by atoms with Crippen molar-refractivity contribution in [2.75, 3.05) is 0 Å². The Kier molecular flexibility index (Phi) is 7.29. The lowest BCUT2D eigenvalue weighted by atomic mass is 9.72. The SMILES string of the molecule is Oc1ccc(C2c3c(n(Cc4ccc(F)cc4)c4ccccc34)C(c3ccc(O)c(O)c3)c3c2n(Cc2ccc(F)cc2)c2ccccc32)cc1O. The zero-order chi connectivity index (χ0) is 35.7. The molecule has 2 aromatic heterocycles. The van der Waals surface area contributed by atoms with Gasteiger partial charge in [-0.1, -0.05) is 72.8 Å². The van der Waals surface area contributed by atoms with Gasteiger partial charge in [0.05, 0.1) is 11.8 Å². The molecule has 8 heteroatoms. The molecule has 0 spiro atoms. The molecule has 1 aliphatic rings. The normalized spacial score (nSPS) is 15.2. The topological polar surface area (TPSA) is 90.8 Å². The fourth-order valence-corrected chi connectivity index (χ4v) is 8.18. The van der Waals surface area contributed by atoms with Gasteiger partial charge in [0, 0.05) is 46.3 Å². The van der Waals surface area contributed by atoms with Crippen molar-refractivity contribution >= 4 is 21.8 Å². The third-order valence-electron chi connectivity index (χ3n) is 10.4. The minimum absolute atomic E-state index is 0.233. The first-order valence-electron chi connectivity index (χ1n) is 17.0. The minimum Gasteiger partial charge on any atom is -0.504 e. The van der Waals surface area contributed by atoms with Crippen LogP contribution < -0.4 is 0 Å². The summed E-state index contributed by atoms with van der Waals surface area (Å²) in [5, 5.41) is 44.7. The molecule has 0 bridgehead atoms. The highest BCUT2D eigenvalue weighted by Gasteiger charge is 2.43. The van der Waals surface area contributed by atoms with Crippen LogP contribution in [0.5, 0.6) is 23.0 Å². The van der Waals surface area contributed by atoms with Crippen LogP contribution in [0, 0.1) is 11.6 Å². The number of hydrogen-bond acceptors (Lipinski definition) is 4. The number of benzene rings is 6. The highest BCUT2D eigenvalue weighted by molar-refractivity contribution is 5.94. The number of para-hydroxylation sites is 2. The van der Waals surface area contributed by atoms with E-state index < -0.39 is 11.8 Å². The van der Waals surface area contributed by atoms with Crippen molar-refractivity contribution in [3.63, 3.8) is 0 Å². The summed E-state index contributed by atoms with van der Waals surface area (Å²) < 4.78 is 32.7. The van der Waals surface area contributed by atoms with Gasteiger partial charge < -0.3 is 29.6 Å². The second kappa shape index (κ2) is 12.1. The summed E-state index contributed by atoms with van der Waals surface area (Å²) in [7, 11) is 0. The number of phenols is 4. The molecule has 0 fully saturated rings. The van der Waals surface area contributed by atoms with Crippen LogP contribution in [-0.4, -0.2) is 29.6 Å². The smallest absolute Gasteiger partial charge is 0.157 e. The van der Waals surface area contributed by atoms with Crippen molar-refractivity contribution in [1.82, 2.24) is 9.13 Å². The first-order chi connectivity index (χ1) is 25.3. The summed E-state index contributed by atoms with van der Waals surface area (Å²) in [6, 6.07) is 39.0. The highest BCUT2D eigenvalue weighted by atomic mass is 19.1. The predicted molar refractivity (Wildman–Crippen MR) is 196 cm³/mol. The molecule has 2 heterocycles. The average molecular weight is 691 g/mol. The van der Waals surface area contributed by atoms with Crippen LogP contribution in [0.15, 0.2) is 133 Å². The molecule has 52 heavy (non-hydrogen) atoms. The molecule has 6 aromatic carbocycles.